The second-order valence-electron chi connectivity index (χ2n) is 9.89. The molecule has 0 radical (unpaired) electrons. The summed E-state index contributed by atoms with van der Waals surface area (Å²) in [6.07, 6.45) is 0.138. The van der Waals surface area contributed by atoms with Crippen LogP contribution in [-0.4, -0.2) is 60.4 Å². The molecule has 40 heavy (non-hydrogen) atoms. The Morgan fingerprint density at radius 3 is 2.45 bits per heavy atom. The number of allylic oxidation sites excluding steroid dienone is 1. The molecule has 208 valence electrons. The van der Waals surface area contributed by atoms with Crippen LogP contribution in [0.15, 0.2) is 82.4 Å². The van der Waals surface area contributed by atoms with Crippen molar-refractivity contribution in [3.63, 3.8) is 0 Å². The normalized spacial score (nSPS) is 17.8. The first-order valence-electron chi connectivity index (χ1n) is 13.5. The summed E-state index contributed by atoms with van der Waals surface area (Å²) in [6.45, 7) is 6.35. The van der Waals surface area contributed by atoms with Gasteiger partial charge in [-0.15, -0.1) is 0 Å². The molecule has 2 amide bonds. The predicted molar refractivity (Wildman–Crippen MR) is 152 cm³/mol. The van der Waals surface area contributed by atoms with Gasteiger partial charge >= 0.3 is 5.97 Å². The lowest BCUT2D eigenvalue weighted by molar-refractivity contribution is -0.140. The van der Waals surface area contributed by atoms with Gasteiger partial charge in [0, 0.05) is 54.9 Å². The third kappa shape index (κ3) is 5.77. The quantitative estimate of drug-likeness (QED) is 0.366. The van der Waals surface area contributed by atoms with E-state index in [1.54, 1.807) is 35.8 Å². The van der Waals surface area contributed by atoms with E-state index >= 15 is 0 Å². The van der Waals surface area contributed by atoms with Crippen LogP contribution < -0.4 is 4.90 Å². The van der Waals surface area contributed by atoms with Gasteiger partial charge in [0.25, 0.3) is 5.91 Å². The van der Waals surface area contributed by atoms with Crippen molar-refractivity contribution in [3.8, 4) is 0 Å². The lowest BCUT2D eigenvalue weighted by Crippen LogP contribution is -2.48. The molecule has 0 aliphatic carbocycles. The van der Waals surface area contributed by atoms with Crippen LogP contribution in [0.5, 0.6) is 0 Å². The number of carbonyl (C=O) groups is 3. The topological polar surface area (TPSA) is 83.3 Å². The molecule has 1 atom stereocenters. The summed E-state index contributed by atoms with van der Waals surface area (Å²) in [5.41, 5.74) is 2.92. The molecular formula is C31H32ClN3O5. The maximum Gasteiger partial charge on any atom is 0.336 e. The van der Waals surface area contributed by atoms with E-state index in [4.69, 9.17) is 20.8 Å². The first-order valence-corrected chi connectivity index (χ1v) is 13.8. The second-order valence-corrected chi connectivity index (χ2v) is 10.3. The molecule has 0 spiro atoms. The molecule has 2 aromatic carbocycles. The zero-order valence-electron chi connectivity index (χ0n) is 22.6. The number of ether oxygens (including phenoxy) is 1. The van der Waals surface area contributed by atoms with Gasteiger partial charge in [-0.3, -0.25) is 9.59 Å². The van der Waals surface area contributed by atoms with Gasteiger partial charge in [0.2, 0.25) is 5.91 Å². The molecular weight excluding hydrogens is 530 g/mol. The molecule has 1 aromatic heterocycles. The Balaban J connectivity index is 1.29. The largest absolute Gasteiger partial charge is 0.463 e. The Morgan fingerprint density at radius 2 is 1.75 bits per heavy atom. The maximum atomic E-state index is 13.3. The monoisotopic (exact) mass is 561 g/mol. The molecule has 2 aliphatic heterocycles. The number of esters is 1. The van der Waals surface area contributed by atoms with Crippen LogP contribution in [0.4, 0.5) is 5.69 Å². The fourth-order valence-electron chi connectivity index (χ4n) is 5.38. The van der Waals surface area contributed by atoms with E-state index in [9.17, 15) is 14.4 Å². The average Bonchev–Trinajstić information content (AvgIpc) is 3.44. The van der Waals surface area contributed by atoms with Crippen molar-refractivity contribution >= 4 is 35.1 Å². The number of piperazine rings is 1. The summed E-state index contributed by atoms with van der Waals surface area (Å²) in [4.78, 5) is 45.0. The zero-order chi connectivity index (χ0) is 28.2. The van der Waals surface area contributed by atoms with Gasteiger partial charge in [-0.25, -0.2) is 4.79 Å². The number of hydrogen-bond acceptors (Lipinski definition) is 6. The Hall–Kier alpha value is -4.04. The van der Waals surface area contributed by atoms with E-state index in [2.05, 4.69) is 4.90 Å². The summed E-state index contributed by atoms with van der Waals surface area (Å²) < 4.78 is 11.3. The molecule has 0 bridgehead atoms. The summed E-state index contributed by atoms with van der Waals surface area (Å²) >= 11 is 6.13. The number of benzene rings is 2. The molecule has 2 aliphatic rings. The van der Waals surface area contributed by atoms with Gasteiger partial charge < -0.3 is 23.9 Å². The number of hydrogen-bond donors (Lipinski definition) is 0. The minimum Gasteiger partial charge on any atom is -0.463 e. The van der Waals surface area contributed by atoms with E-state index in [1.165, 1.54) is 0 Å². The highest BCUT2D eigenvalue weighted by atomic mass is 35.5. The van der Waals surface area contributed by atoms with E-state index in [0.29, 0.717) is 48.2 Å². The Morgan fingerprint density at radius 1 is 1.00 bits per heavy atom. The van der Waals surface area contributed by atoms with E-state index in [0.717, 1.165) is 11.3 Å². The molecule has 9 heteroatoms. The lowest BCUT2D eigenvalue weighted by Gasteiger charge is -2.35. The number of furan rings is 1. The highest BCUT2D eigenvalue weighted by Gasteiger charge is 2.37. The molecule has 1 saturated heterocycles. The number of anilines is 1. The number of halogens is 1. The standard InChI is InChI=1S/C31H32ClN3O5/c1-3-39-31(38)29-21(2)35(28(36)19-26(29)22-8-5-4-6-9-22)20-25-12-13-27(40-25)30(37)34-16-14-33(15-17-34)24-11-7-10-23(32)18-24/h4-13,18,26H,3,14-17,19-20H2,1-2H3. The first-order chi connectivity index (χ1) is 19.4. The average molecular weight is 562 g/mol. The summed E-state index contributed by atoms with van der Waals surface area (Å²) in [6, 6.07) is 20.6. The van der Waals surface area contributed by atoms with Crippen LogP contribution >= 0.6 is 11.6 Å². The predicted octanol–water partition coefficient (Wildman–Crippen LogP) is 5.25. The second kappa shape index (κ2) is 12.0. The highest BCUT2D eigenvalue weighted by molar-refractivity contribution is 6.30. The fraction of sp³-hybridized carbons (Fsp3) is 0.323. The Bertz CT molecular complexity index is 1430. The molecule has 8 nitrogen and oxygen atoms in total. The van der Waals surface area contributed by atoms with Crippen LogP contribution in [0.2, 0.25) is 5.02 Å². The van der Waals surface area contributed by atoms with Crippen molar-refractivity contribution < 1.29 is 23.5 Å². The van der Waals surface area contributed by atoms with Gasteiger partial charge in [-0.05, 0) is 49.7 Å². The molecule has 3 heterocycles. The van der Waals surface area contributed by atoms with Crippen molar-refractivity contribution in [1.29, 1.82) is 0 Å². The molecule has 1 fully saturated rings. The van der Waals surface area contributed by atoms with Crippen LogP contribution in [0.3, 0.4) is 0 Å². The van der Waals surface area contributed by atoms with Crippen molar-refractivity contribution in [2.45, 2.75) is 32.7 Å². The Kier molecular flexibility index (Phi) is 8.26. The summed E-state index contributed by atoms with van der Waals surface area (Å²) in [7, 11) is 0. The smallest absolute Gasteiger partial charge is 0.336 e. The highest BCUT2D eigenvalue weighted by Crippen LogP contribution is 2.37. The van der Waals surface area contributed by atoms with Crippen molar-refractivity contribution in [2.75, 3.05) is 37.7 Å². The summed E-state index contributed by atoms with van der Waals surface area (Å²) in [5.74, 6) is -0.437. The SMILES string of the molecule is CCOC(=O)C1=C(C)N(Cc2ccc(C(=O)N3CCN(c4cccc(Cl)c4)CC3)o2)C(=O)CC1c1ccccc1. The van der Waals surface area contributed by atoms with Gasteiger partial charge in [-0.1, -0.05) is 48.0 Å². The fourth-order valence-corrected chi connectivity index (χ4v) is 5.56. The van der Waals surface area contributed by atoms with Gasteiger partial charge in [0.15, 0.2) is 5.76 Å². The number of carbonyl (C=O) groups excluding carboxylic acids is 3. The third-order valence-corrected chi connectivity index (χ3v) is 7.68. The van der Waals surface area contributed by atoms with Crippen LogP contribution in [0.1, 0.15) is 48.1 Å². The maximum absolute atomic E-state index is 13.3. The van der Waals surface area contributed by atoms with Gasteiger partial charge in [0.1, 0.15) is 5.76 Å². The molecule has 0 N–H and O–H groups in total. The van der Waals surface area contributed by atoms with Crippen LogP contribution in [0, 0.1) is 0 Å². The van der Waals surface area contributed by atoms with Crippen molar-refractivity contribution in [1.82, 2.24) is 9.80 Å². The Labute approximate surface area is 238 Å². The van der Waals surface area contributed by atoms with Gasteiger partial charge in [0.05, 0.1) is 18.7 Å². The summed E-state index contributed by atoms with van der Waals surface area (Å²) in [5, 5.41) is 0.682. The molecule has 1 unspecified atom stereocenters. The van der Waals surface area contributed by atoms with Gasteiger partial charge in [-0.2, -0.15) is 0 Å². The van der Waals surface area contributed by atoms with E-state index in [-0.39, 0.29) is 43.1 Å². The van der Waals surface area contributed by atoms with Crippen LogP contribution in [-0.2, 0) is 20.9 Å². The number of amides is 2. The molecule has 3 aromatic rings. The molecule has 0 saturated carbocycles. The lowest BCUT2D eigenvalue weighted by atomic mass is 9.83. The van der Waals surface area contributed by atoms with Crippen molar-refractivity contribution in [2.24, 2.45) is 0 Å². The zero-order valence-corrected chi connectivity index (χ0v) is 23.4. The minimum atomic E-state index is -0.432. The first kappa shape index (κ1) is 27.5. The third-order valence-electron chi connectivity index (χ3n) is 7.45. The number of rotatable bonds is 7. The van der Waals surface area contributed by atoms with Crippen molar-refractivity contribution in [3.05, 3.63) is 100 Å². The molecule has 5 rings (SSSR count). The minimum absolute atomic E-state index is 0.116. The van der Waals surface area contributed by atoms with Crippen LogP contribution in [0.25, 0.3) is 0 Å². The van der Waals surface area contributed by atoms with E-state index < -0.39 is 5.97 Å². The number of nitrogens with zero attached hydrogens (tertiary/aromatic N) is 3. The van der Waals surface area contributed by atoms with E-state index in [1.807, 2.05) is 54.6 Å².